The number of carbonyl (C=O) groups excluding carboxylic acids is 2. The van der Waals surface area contributed by atoms with Crippen LogP contribution in [0.1, 0.15) is 30.9 Å². The maximum atomic E-state index is 13.1. The molecule has 2 aliphatic rings. The number of carboxylic acids is 1. The molecule has 1 fully saturated rings. The standard InChI is InChI=1S/C26H27N3O7S3/c1-2-19(30)21-23(32)28-22(24(33)34)25(37-13-12-20(31)27-14-16-6-4-3-5-7-16)39-26(21,28)38-15-17-8-10-18(11-9-17)29(35)36/h3-11,19,21,30H,2,12-15H2,1H3,(H,27,31)(H,33,34)/t19-,21+,26+/m0/s1. The number of carbonyl (C=O) groups is 3. The number of hydrogen-bond donors (Lipinski definition) is 3. The molecule has 2 heterocycles. The molecule has 3 atom stereocenters. The van der Waals surface area contributed by atoms with Crippen molar-refractivity contribution in [2.45, 2.75) is 42.4 Å². The largest absolute Gasteiger partial charge is 0.477 e. The Morgan fingerprint density at radius 3 is 2.49 bits per heavy atom. The Hall–Kier alpha value is -3.00. The van der Waals surface area contributed by atoms with Crippen LogP contribution in [0, 0.1) is 16.0 Å². The van der Waals surface area contributed by atoms with E-state index < -0.39 is 33.0 Å². The van der Waals surface area contributed by atoms with Gasteiger partial charge in [-0.2, -0.15) is 0 Å². The molecule has 0 aromatic heterocycles. The predicted octanol–water partition coefficient (Wildman–Crippen LogP) is 4.15. The third-order valence-corrected chi connectivity index (χ3v) is 10.8. The molecule has 13 heteroatoms. The highest BCUT2D eigenvalue weighted by molar-refractivity contribution is 8.29. The Bertz CT molecular complexity index is 1290. The summed E-state index contributed by atoms with van der Waals surface area (Å²) >= 11 is 3.74. The Morgan fingerprint density at radius 2 is 1.87 bits per heavy atom. The first-order valence-corrected chi connectivity index (χ1v) is 15.0. The van der Waals surface area contributed by atoms with E-state index in [2.05, 4.69) is 5.32 Å². The number of aliphatic hydroxyl groups excluding tert-OH is 1. The van der Waals surface area contributed by atoms with Crippen molar-refractivity contribution in [1.29, 1.82) is 0 Å². The summed E-state index contributed by atoms with van der Waals surface area (Å²) in [5.74, 6) is -2.05. The van der Waals surface area contributed by atoms with Gasteiger partial charge in [-0.3, -0.25) is 24.6 Å². The van der Waals surface area contributed by atoms with Crippen molar-refractivity contribution in [3.05, 3.63) is 85.8 Å². The Morgan fingerprint density at radius 1 is 1.18 bits per heavy atom. The number of rotatable bonds is 13. The van der Waals surface area contributed by atoms with Gasteiger partial charge in [0, 0.05) is 36.6 Å². The van der Waals surface area contributed by atoms with E-state index in [1.807, 2.05) is 30.3 Å². The molecular formula is C26H27N3O7S3. The minimum atomic E-state index is -1.26. The Balaban J connectivity index is 1.46. The number of carboxylic acid groups (broad SMARTS) is 1. The first-order chi connectivity index (χ1) is 18.7. The maximum absolute atomic E-state index is 13.1. The van der Waals surface area contributed by atoms with Crippen LogP contribution in [-0.2, 0) is 26.7 Å². The molecule has 2 aromatic rings. The number of thioether (sulfide) groups is 3. The zero-order valence-electron chi connectivity index (χ0n) is 20.9. The van der Waals surface area contributed by atoms with Gasteiger partial charge in [-0.1, -0.05) is 61.2 Å². The average Bonchev–Trinajstić information content (AvgIpc) is 3.21. The number of benzene rings is 2. The second kappa shape index (κ2) is 12.5. The molecule has 0 unspecified atom stereocenters. The first-order valence-electron chi connectivity index (χ1n) is 12.2. The minimum Gasteiger partial charge on any atom is -0.477 e. The van der Waals surface area contributed by atoms with E-state index in [4.69, 9.17) is 0 Å². The van der Waals surface area contributed by atoms with E-state index in [9.17, 15) is 34.7 Å². The lowest BCUT2D eigenvalue weighted by atomic mass is 9.89. The van der Waals surface area contributed by atoms with Gasteiger partial charge in [-0.15, -0.1) is 23.5 Å². The van der Waals surface area contributed by atoms with Crippen molar-refractivity contribution in [3.63, 3.8) is 0 Å². The second-order valence-electron chi connectivity index (χ2n) is 8.87. The van der Waals surface area contributed by atoms with Crippen molar-refractivity contribution >= 4 is 58.8 Å². The summed E-state index contributed by atoms with van der Waals surface area (Å²) in [6.07, 6.45) is -0.488. The molecule has 206 valence electrons. The van der Waals surface area contributed by atoms with Crippen LogP contribution >= 0.6 is 35.3 Å². The van der Waals surface area contributed by atoms with Gasteiger partial charge in [0.05, 0.1) is 15.3 Å². The van der Waals surface area contributed by atoms with Crippen LogP contribution in [0.3, 0.4) is 0 Å². The summed E-state index contributed by atoms with van der Waals surface area (Å²) < 4.78 is -0.659. The molecule has 2 aliphatic heterocycles. The lowest BCUT2D eigenvalue weighted by Crippen LogP contribution is -2.68. The SMILES string of the molecule is CC[C@H](O)[C@@H]1C(=O)N2C(C(=O)O)=C(SCCC(=O)NCc3ccccc3)S[C@]12SCc1ccc([N+](=O)[O-])cc1. The molecule has 39 heavy (non-hydrogen) atoms. The monoisotopic (exact) mass is 589 g/mol. The minimum absolute atomic E-state index is 0.0433. The van der Waals surface area contributed by atoms with Crippen LogP contribution in [0.15, 0.2) is 64.5 Å². The molecule has 0 radical (unpaired) electrons. The Labute approximate surface area is 237 Å². The number of nitrogens with zero attached hydrogens (tertiary/aromatic N) is 2. The molecule has 3 N–H and O–H groups in total. The summed E-state index contributed by atoms with van der Waals surface area (Å²) in [7, 11) is 0. The summed E-state index contributed by atoms with van der Waals surface area (Å²) in [6.45, 7) is 2.15. The van der Waals surface area contributed by atoms with Crippen molar-refractivity contribution in [2.24, 2.45) is 5.92 Å². The number of amides is 2. The zero-order chi connectivity index (χ0) is 28.2. The molecule has 0 spiro atoms. The fraction of sp³-hybridized carbons (Fsp3) is 0.346. The van der Waals surface area contributed by atoms with E-state index >= 15 is 0 Å². The van der Waals surface area contributed by atoms with Crippen LogP contribution in [0.4, 0.5) is 5.69 Å². The average molecular weight is 590 g/mol. The van der Waals surface area contributed by atoms with Gasteiger partial charge < -0.3 is 15.5 Å². The predicted molar refractivity (Wildman–Crippen MR) is 151 cm³/mol. The van der Waals surface area contributed by atoms with Crippen molar-refractivity contribution < 1.29 is 29.5 Å². The third-order valence-electron chi connectivity index (χ3n) is 6.34. The third kappa shape index (κ3) is 6.11. The highest BCUT2D eigenvalue weighted by Gasteiger charge is 2.69. The molecule has 2 aromatic carbocycles. The van der Waals surface area contributed by atoms with Gasteiger partial charge >= 0.3 is 5.97 Å². The van der Waals surface area contributed by atoms with Crippen LogP contribution in [0.5, 0.6) is 0 Å². The number of aliphatic hydroxyl groups is 1. The molecule has 0 bridgehead atoms. The fourth-order valence-electron chi connectivity index (χ4n) is 4.30. The second-order valence-corrected chi connectivity index (χ2v) is 12.9. The smallest absolute Gasteiger partial charge is 0.354 e. The normalized spacial score (nSPS) is 20.8. The number of nitro groups is 1. The molecule has 1 saturated heterocycles. The van der Waals surface area contributed by atoms with Crippen LogP contribution in [0.2, 0.25) is 0 Å². The maximum Gasteiger partial charge on any atom is 0.354 e. The van der Waals surface area contributed by atoms with Crippen LogP contribution in [0.25, 0.3) is 0 Å². The molecule has 0 aliphatic carbocycles. The molecule has 10 nitrogen and oxygen atoms in total. The summed E-state index contributed by atoms with van der Waals surface area (Å²) in [6, 6.07) is 15.5. The van der Waals surface area contributed by atoms with Crippen molar-refractivity contribution in [3.8, 4) is 0 Å². The van der Waals surface area contributed by atoms with Crippen molar-refractivity contribution in [2.75, 3.05) is 5.75 Å². The molecular weight excluding hydrogens is 563 g/mol. The highest BCUT2D eigenvalue weighted by Crippen LogP contribution is 2.66. The zero-order valence-corrected chi connectivity index (χ0v) is 23.4. The van der Waals surface area contributed by atoms with Gasteiger partial charge in [0.2, 0.25) is 11.8 Å². The quantitative estimate of drug-likeness (QED) is 0.177. The number of aliphatic carboxylic acids is 1. The van der Waals surface area contributed by atoms with Gasteiger partial charge in [-0.05, 0) is 17.5 Å². The lowest BCUT2D eigenvalue weighted by molar-refractivity contribution is -0.384. The van der Waals surface area contributed by atoms with Crippen LogP contribution < -0.4 is 5.32 Å². The van der Waals surface area contributed by atoms with Gasteiger partial charge in [-0.25, -0.2) is 4.79 Å². The van der Waals surface area contributed by atoms with Crippen LogP contribution in [-0.4, -0.2) is 53.9 Å². The number of fused-ring (bicyclic) bond motifs is 1. The van der Waals surface area contributed by atoms with Crippen molar-refractivity contribution in [1.82, 2.24) is 10.2 Å². The number of nitrogens with one attached hydrogen (secondary N) is 1. The van der Waals surface area contributed by atoms with E-state index in [0.717, 1.165) is 11.1 Å². The van der Waals surface area contributed by atoms with E-state index in [-0.39, 0.29) is 23.7 Å². The number of non-ortho nitro benzene ring substituents is 1. The van der Waals surface area contributed by atoms with Gasteiger partial charge in [0.1, 0.15) is 5.92 Å². The lowest BCUT2D eigenvalue weighted by Gasteiger charge is -2.53. The topological polar surface area (TPSA) is 150 Å². The molecule has 4 rings (SSSR count). The van der Waals surface area contributed by atoms with Gasteiger partial charge in [0.15, 0.2) is 9.90 Å². The summed E-state index contributed by atoms with van der Waals surface area (Å²) in [4.78, 5) is 49.5. The highest BCUT2D eigenvalue weighted by atomic mass is 32.2. The Kier molecular flexibility index (Phi) is 9.26. The molecule has 0 saturated carbocycles. The van der Waals surface area contributed by atoms with Gasteiger partial charge in [0.25, 0.3) is 5.69 Å². The van der Waals surface area contributed by atoms with E-state index in [1.54, 1.807) is 19.1 Å². The summed E-state index contributed by atoms with van der Waals surface area (Å²) in [5, 5.41) is 34.5. The summed E-state index contributed by atoms with van der Waals surface area (Å²) in [5.41, 5.74) is 1.54. The fourth-order valence-corrected chi connectivity index (χ4v) is 9.29. The number of β-lactam (4-membered cyclic amide) rings is 1. The molecule has 2 amide bonds. The van der Waals surface area contributed by atoms with E-state index in [0.29, 0.717) is 28.7 Å². The van der Waals surface area contributed by atoms with E-state index in [1.165, 1.54) is 52.3 Å². The number of hydrogen-bond acceptors (Lipinski definition) is 9. The number of nitro benzene ring substituents is 1. The first kappa shape index (κ1) is 29.0.